The van der Waals surface area contributed by atoms with Gasteiger partial charge < -0.3 is 14.6 Å². The van der Waals surface area contributed by atoms with Crippen LogP contribution in [0.15, 0.2) is 6.07 Å². The largest absolute Gasteiger partial charge is 0.370 e. The smallest absolute Gasteiger partial charge is 0.152 e. The van der Waals surface area contributed by atoms with Crippen molar-refractivity contribution in [3.05, 3.63) is 23.0 Å². The van der Waals surface area contributed by atoms with Gasteiger partial charge in [0.1, 0.15) is 11.9 Å². The number of H-pyrrole nitrogens is 1. The zero-order valence-electron chi connectivity index (χ0n) is 17.5. The molecule has 152 valence electrons. The molecular weight excluding hydrogens is 352 g/mol. The van der Waals surface area contributed by atoms with Crippen LogP contribution in [0, 0.1) is 12.8 Å². The Hall–Kier alpha value is -1.92. The third-order valence-corrected chi connectivity index (χ3v) is 6.51. The van der Waals surface area contributed by atoms with E-state index in [1.807, 2.05) is 6.92 Å². The van der Waals surface area contributed by atoms with Crippen LogP contribution in [-0.2, 0) is 4.74 Å². The number of rotatable bonds is 4. The molecule has 1 aromatic heterocycles. The molecule has 6 nitrogen and oxygen atoms in total. The third kappa shape index (κ3) is 3.44. The van der Waals surface area contributed by atoms with E-state index in [-0.39, 0.29) is 6.10 Å². The summed E-state index contributed by atoms with van der Waals surface area (Å²) in [5.41, 5.74) is 4.57. The number of nitrogens with zero attached hydrogens (tertiary/aromatic N) is 3. The minimum absolute atomic E-state index is 0.00793. The van der Waals surface area contributed by atoms with E-state index in [0.29, 0.717) is 17.5 Å². The monoisotopic (exact) mass is 384 g/mol. The summed E-state index contributed by atoms with van der Waals surface area (Å²) < 4.78 is 5.96. The summed E-state index contributed by atoms with van der Waals surface area (Å²) in [5.74, 6) is 1.48. The van der Waals surface area contributed by atoms with Gasteiger partial charge in [-0.1, -0.05) is 13.8 Å². The second-order valence-corrected chi connectivity index (χ2v) is 8.50. The predicted octanol–water partition coefficient (Wildman–Crippen LogP) is 3.70. The highest BCUT2D eigenvalue weighted by Crippen LogP contribution is 2.35. The lowest BCUT2D eigenvalue weighted by Gasteiger charge is -2.41. The summed E-state index contributed by atoms with van der Waals surface area (Å²) in [6, 6.07) is 2.59. The van der Waals surface area contributed by atoms with Gasteiger partial charge >= 0.3 is 0 Å². The number of aromatic amines is 1. The number of hydrogen-bond acceptors (Lipinski definition) is 5. The molecule has 2 aliphatic rings. The number of hydrogen-bond donors (Lipinski definition) is 1. The SMILES string of the molecule is CCN1CCN(c2cc3[nH]c(C4CC(C)CCO4)nc3c(C=O)c2C)C(C)C1. The molecule has 0 aliphatic carbocycles. The number of anilines is 1. The van der Waals surface area contributed by atoms with Crippen LogP contribution in [0.2, 0.25) is 0 Å². The molecule has 6 heteroatoms. The number of imidazole rings is 1. The maximum atomic E-state index is 12.0. The number of likely N-dealkylation sites (N-methyl/N-ethyl adjacent to an activating group) is 1. The van der Waals surface area contributed by atoms with Crippen molar-refractivity contribution < 1.29 is 9.53 Å². The molecule has 2 aliphatic heterocycles. The molecule has 0 spiro atoms. The Morgan fingerprint density at radius 3 is 2.86 bits per heavy atom. The number of nitrogens with one attached hydrogen (secondary N) is 1. The van der Waals surface area contributed by atoms with Crippen LogP contribution in [0.3, 0.4) is 0 Å². The Kier molecular flexibility index (Phi) is 5.43. The summed E-state index contributed by atoms with van der Waals surface area (Å²) in [5, 5.41) is 0. The second-order valence-electron chi connectivity index (χ2n) is 8.50. The minimum atomic E-state index is -0.00793. The highest BCUT2D eigenvalue weighted by atomic mass is 16.5. The molecule has 0 saturated carbocycles. The molecule has 3 atom stereocenters. The molecule has 3 unspecified atom stereocenters. The van der Waals surface area contributed by atoms with E-state index in [4.69, 9.17) is 9.72 Å². The number of carbonyl (C=O) groups is 1. The first kappa shape index (κ1) is 19.4. The highest BCUT2D eigenvalue weighted by Gasteiger charge is 2.28. The van der Waals surface area contributed by atoms with Gasteiger partial charge in [-0.05, 0) is 50.8 Å². The Balaban J connectivity index is 1.72. The van der Waals surface area contributed by atoms with Crippen LogP contribution >= 0.6 is 0 Å². The third-order valence-electron chi connectivity index (χ3n) is 6.51. The normalized spacial score (nSPS) is 26.7. The van der Waals surface area contributed by atoms with Gasteiger partial charge in [0.15, 0.2) is 6.29 Å². The van der Waals surface area contributed by atoms with Gasteiger partial charge in [0, 0.05) is 43.5 Å². The van der Waals surface area contributed by atoms with Gasteiger partial charge in [-0.2, -0.15) is 0 Å². The van der Waals surface area contributed by atoms with Crippen molar-refractivity contribution in [2.45, 2.75) is 52.7 Å². The molecule has 1 aromatic carbocycles. The molecule has 0 amide bonds. The summed E-state index contributed by atoms with van der Waals surface area (Å²) in [4.78, 5) is 25.2. The summed E-state index contributed by atoms with van der Waals surface area (Å²) in [6.45, 7) is 13.7. The highest BCUT2D eigenvalue weighted by molar-refractivity contribution is 5.99. The fourth-order valence-corrected chi connectivity index (χ4v) is 4.70. The molecule has 3 heterocycles. The van der Waals surface area contributed by atoms with Crippen LogP contribution in [0.1, 0.15) is 61.5 Å². The Morgan fingerprint density at radius 1 is 1.36 bits per heavy atom. The topological polar surface area (TPSA) is 61.5 Å². The van der Waals surface area contributed by atoms with Crippen LogP contribution in [-0.4, -0.2) is 60.0 Å². The van der Waals surface area contributed by atoms with E-state index in [9.17, 15) is 4.79 Å². The molecule has 0 bridgehead atoms. The summed E-state index contributed by atoms with van der Waals surface area (Å²) >= 11 is 0. The van der Waals surface area contributed by atoms with E-state index >= 15 is 0 Å². The predicted molar refractivity (Wildman–Crippen MR) is 112 cm³/mol. The molecule has 2 aromatic rings. The zero-order valence-corrected chi connectivity index (χ0v) is 17.5. The number of aromatic nitrogens is 2. The first-order valence-electron chi connectivity index (χ1n) is 10.6. The standard InChI is InChI=1S/C22H32N4O2/c1-5-25-7-8-26(15(3)12-25)19-11-18-21(17(13-27)16(19)4)24-22(23-18)20-10-14(2)6-9-28-20/h11,13-15,20H,5-10,12H2,1-4H3,(H,23,24). The number of carbonyl (C=O) groups excluding carboxylic acids is 1. The van der Waals surface area contributed by atoms with Crippen molar-refractivity contribution in [2.75, 3.05) is 37.7 Å². The average Bonchev–Trinajstić information content (AvgIpc) is 3.11. The fourth-order valence-electron chi connectivity index (χ4n) is 4.70. The maximum absolute atomic E-state index is 12.0. The van der Waals surface area contributed by atoms with Gasteiger partial charge in [-0.15, -0.1) is 0 Å². The molecule has 28 heavy (non-hydrogen) atoms. The van der Waals surface area contributed by atoms with Crippen LogP contribution in [0.5, 0.6) is 0 Å². The summed E-state index contributed by atoms with van der Waals surface area (Å²) in [7, 11) is 0. The van der Waals surface area contributed by atoms with Gasteiger partial charge in [0.25, 0.3) is 0 Å². The van der Waals surface area contributed by atoms with Crippen molar-refractivity contribution in [2.24, 2.45) is 5.92 Å². The number of aldehydes is 1. The molecular formula is C22H32N4O2. The lowest BCUT2D eigenvalue weighted by Crippen LogP contribution is -2.52. The fraction of sp³-hybridized carbons (Fsp3) is 0.636. The number of piperazine rings is 1. The Morgan fingerprint density at radius 2 is 2.18 bits per heavy atom. The maximum Gasteiger partial charge on any atom is 0.152 e. The van der Waals surface area contributed by atoms with Crippen molar-refractivity contribution in [1.29, 1.82) is 0 Å². The van der Waals surface area contributed by atoms with Crippen LogP contribution in [0.4, 0.5) is 5.69 Å². The van der Waals surface area contributed by atoms with Crippen LogP contribution in [0.25, 0.3) is 11.0 Å². The van der Waals surface area contributed by atoms with E-state index < -0.39 is 0 Å². The quantitative estimate of drug-likeness (QED) is 0.815. The molecule has 1 N–H and O–H groups in total. The number of benzene rings is 1. The Labute approximate surface area is 167 Å². The first-order chi connectivity index (χ1) is 13.5. The molecule has 0 radical (unpaired) electrons. The van der Waals surface area contributed by atoms with Crippen molar-refractivity contribution in [1.82, 2.24) is 14.9 Å². The van der Waals surface area contributed by atoms with E-state index in [1.165, 1.54) is 0 Å². The van der Waals surface area contributed by atoms with Crippen LogP contribution < -0.4 is 4.90 Å². The van der Waals surface area contributed by atoms with Gasteiger partial charge in [0.05, 0.1) is 11.0 Å². The molecule has 4 rings (SSSR count). The van der Waals surface area contributed by atoms with E-state index in [2.05, 4.69) is 41.6 Å². The van der Waals surface area contributed by atoms with E-state index in [1.54, 1.807) is 0 Å². The lowest BCUT2D eigenvalue weighted by atomic mass is 9.97. The van der Waals surface area contributed by atoms with Gasteiger partial charge in [-0.3, -0.25) is 9.69 Å². The second kappa shape index (κ2) is 7.84. The Bertz CT molecular complexity index is 862. The molecule has 2 saturated heterocycles. The van der Waals surface area contributed by atoms with Crippen molar-refractivity contribution >= 4 is 23.0 Å². The minimum Gasteiger partial charge on any atom is -0.370 e. The summed E-state index contributed by atoms with van der Waals surface area (Å²) in [6.07, 6.45) is 3.02. The average molecular weight is 385 g/mol. The van der Waals surface area contributed by atoms with Crippen molar-refractivity contribution in [3.63, 3.8) is 0 Å². The zero-order chi connectivity index (χ0) is 19.8. The van der Waals surface area contributed by atoms with Gasteiger partial charge in [0.2, 0.25) is 0 Å². The van der Waals surface area contributed by atoms with E-state index in [0.717, 1.165) is 80.0 Å². The number of fused-ring (bicyclic) bond motifs is 1. The lowest BCUT2D eigenvalue weighted by molar-refractivity contribution is -0.0108. The number of ether oxygens (including phenoxy) is 1. The van der Waals surface area contributed by atoms with Crippen molar-refractivity contribution in [3.8, 4) is 0 Å². The first-order valence-corrected chi connectivity index (χ1v) is 10.6. The van der Waals surface area contributed by atoms with Gasteiger partial charge in [-0.25, -0.2) is 4.98 Å². The molecule has 2 fully saturated rings.